The van der Waals surface area contributed by atoms with Crippen molar-refractivity contribution in [3.63, 3.8) is 0 Å². The van der Waals surface area contributed by atoms with Gasteiger partial charge in [0.15, 0.2) is 0 Å². The first kappa shape index (κ1) is 14.9. The molecule has 0 fully saturated rings. The smallest absolute Gasteiger partial charge is 0.147 e. The fraction of sp³-hybridized carbons (Fsp3) is 0.692. The molecule has 0 atom stereocenters. The van der Waals surface area contributed by atoms with Crippen molar-refractivity contribution in [3.05, 3.63) is 18.1 Å². The topological polar surface area (TPSA) is 50.3 Å². The Morgan fingerprint density at radius 3 is 2.61 bits per heavy atom. The summed E-state index contributed by atoms with van der Waals surface area (Å²) in [5.41, 5.74) is 0.956. The molecule has 1 aromatic rings. The lowest BCUT2D eigenvalue weighted by Crippen LogP contribution is -2.31. The predicted molar refractivity (Wildman–Crippen MR) is 73.7 cm³/mol. The molecule has 1 N–H and O–H groups in total. The van der Waals surface area contributed by atoms with Crippen LogP contribution in [-0.2, 0) is 11.3 Å². The van der Waals surface area contributed by atoms with E-state index < -0.39 is 0 Å². The summed E-state index contributed by atoms with van der Waals surface area (Å²) in [5.74, 6) is 1.50. The van der Waals surface area contributed by atoms with Gasteiger partial charge < -0.3 is 15.0 Å². The Hall–Kier alpha value is -1.20. The minimum Gasteiger partial charge on any atom is -0.383 e. The number of ether oxygens (including phenoxy) is 1. The number of rotatable bonds is 8. The van der Waals surface area contributed by atoms with E-state index in [0.717, 1.165) is 31.1 Å². The van der Waals surface area contributed by atoms with Crippen molar-refractivity contribution >= 4 is 5.82 Å². The van der Waals surface area contributed by atoms with Gasteiger partial charge in [-0.05, 0) is 13.0 Å². The molecular formula is C13H24N4O. The van der Waals surface area contributed by atoms with Gasteiger partial charge >= 0.3 is 0 Å². The summed E-state index contributed by atoms with van der Waals surface area (Å²) >= 11 is 0. The zero-order valence-electron chi connectivity index (χ0n) is 11.8. The highest BCUT2D eigenvalue weighted by atomic mass is 16.5. The molecule has 0 aliphatic rings. The van der Waals surface area contributed by atoms with E-state index in [1.807, 2.05) is 19.4 Å². The molecule has 1 aromatic heterocycles. The fourth-order valence-corrected chi connectivity index (χ4v) is 1.73. The van der Waals surface area contributed by atoms with Gasteiger partial charge in [0, 0.05) is 26.7 Å². The quantitative estimate of drug-likeness (QED) is 0.756. The van der Waals surface area contributed by atoms with Crippen molar-refractivity contribution in [2.75, 3.05) is 38.8 Å². The molecule has 0 spiro atoms. The largest absolute Gasteiger partial charge is 0.383 e. The Labute approximate surface area is 110 Å². The first-order valence-corrected chi connectivity index (χ1v) is 6.36. The average Bonchev–Trinajstić information content (AvgIpc) is 2.35. The average molecular weight is 252 g/mol. The van der Waals surface area contributed by atoms with E-state index in [1.165, 1.54) is 0 Å². The molecule has 1 rings (SSSR count). The molecule has 0 saturated heterocycles. The van der Waals surface area contributed by atoms with Crippen LogP contribution >= 0.6 is 0 Å². The highest BCUT2D eigenvalue weighted by Crippen LogP contribution is 2.11. The SMILES string of the molecule is CNCc1cnc(N(CCOC)CC(C)C)cn1. The highest BCUT2D eigenvalue weighted by Gasteiger charge is 2.10. The third-order valence-corrected chi connectivity index (χ3v) is 2.52. The molecule has 5 heteroatoms. The van der Waals surface area contributed by atoms with Crippen molar-refractivity contribution < 1.29 is 4.74 Å². The molecule has 18 heavy (non-hydrogen) atoms. The molecule has 1 heterocycles. The Morgan fingerprint density at radius 2 is 2.11 bits per heavy atom. The van der Waals surface area contributed by atoms with Crippen LogP contribution in [0.3, 0.4) is 0 Å². The molecule has 0 unspecified atom stereocenters. The molecule has 0 radical (unpaired) electrons. The first-order valence-electron chi connectivity index (χ1n) is 6.36. The molecule has 0 aliphatic heterocycles. The van der Waals surface area contributed by atoms with Crippen molar-refractivity contribution in [1.29, 1.82) is 0 Å². The van der Waals surface area contributed by atoms with Crippen molar-refractivity contribution in [1.82, 2.24) is 15.3 Å². The van der Waals surface area contributed by atoms with E-state index in [9.17, 15) is 0 Å². The van der Waals surface area contributed by atoms with Crippen LogP contribution < -0.4 is 10.2 Å². The summed E-state index contributed by atoms with van der Waals surface area (Å²) in [7, 11) is 3.62. The van der Waals surface area contributed by atoms with Gasteiger partial charge in [0.25, 0.3) is 0 Å². The van der Waals surface area contributed by atoms with Crippen LogP contribution in [0, 0.1) is 5.92 Å². The summed E-state index contributed by atoms with van der Waals surface area (Å²) in [6.07, 6.45) is 3.66. The van der Waals surface area contributed by atoms with Crippen molar-refractivity contribution in [3.8, 4) is 0 Å². The Balaban J connectivity index is 2.70. The van der Waals surface area contributed by atoms with Gasteiger partial charge in [-0.25, -0.2) is 4.98 Å². The standard InChI is InChI=1S/C13H24N4O/c1-11(2)10-17(5-6-18-4)13-9-15-12(7-14-3)8-16-13/h8-9,11,14H,5-7,10H2,1-4H3. The number of hydrogen-bond acceptors (Lipinski definition) is 5. The molecular weight excluding hydrogens is 228 g/mol. The number of aromatic nitrogens is 2. The molecule has 0 aliphatic carbocycles. The number of nitrogens with zero attached hydrogens (tertiary/aromatic N) is 3. The highest BCUT2D eigenvalue weighted by molar-refractivity contribution is 5.35. The summed E-state index contributed by atoms with van der Waals surface area (Å²) in [6, 6.07) is 0. The van der Waals surface area contributed by atoms with E-state index in [4.69, 9.17) is 4.74 Å². The van der Waals surface area contributed by atoms with E-state index in [-0.39, 0.29) is 0 Å². The molecule has 0 amide bonds. The van der Waals surface area contributed by atoms with Crippen LogP contribution in [0.25, 0.3) is 0 Å². The Kier molecular flexibility index (Phi) is 6.60. The minimum absolute atomic E-state index is 0.584. The second-order valence-electron chi connectivity index (χ2n) is 4.73. The molecule has 102 valence electrons. The summed E-state index contributed by atoms with van der Waals surface area (Å²) in [5, 5.41) is 3.06. The monoisotopic (exact) mass is 252 g/mol. The van der Waals surface area contributed by atoms with Crippen LogP contribution in [0.15, 0.2) is 12.4 Å². The van der Waals surface area contributed by atoms with Gasteiger partial charge in [-0.15, -0.1) is 0 Å². The van der Waals surface area contributed by atoms with E-state index in [2.05, 4.69) is 34.0 Å². The number of hydrogen-bond donors (Lipinski definition) is 1. The zero-order valence-corrected chi connectivity index (χ0v) is 11.8. The van der Waals surface area contributed by atoms with Gasteiger partial charge in [0.2, 0.25) is 0 Å². The Bertz CT molecular complexity index is 326. The number of methoxy groups -OCH3 is 1. The normalized spacial score (nSPS) is 10.9. The van der Waals surface area contributed by atoms with Crippen LogP contribution in [-0.4, -0.2) is 43.8 Å². The molecule has 0 saturated carbocycles. The number of nitrogens with one attached hydrogen (secondary N) is 1. The third kappa shape index (κ3) is 4.98. The number of anilines is 1. The van der Waals surface area contributed by atoms with Gasteiger partial charge in [-0.3, -0.25) is 4.98 Å². The third-order valence-electron chi connectivity index (χ3n) is 2.52. The molecule has 0 bridgehead atoms. The minimum atomic E-state index is 0.584. The summed E-state index contributed by atoms with van der Waals surface area (Å²) < 4.78 is 5.14. The van der Waals surface area contributed by atoms with Crippen molar-refractivity contribution in [2.45, 2.75) is 20.4 Å². The van der Waals surface area contributed by atoms with Crippen molar-refractivity contribution in [2.24, 2.45) is 5.92 Å². The van der Waals surface area contributed by atoms with Crippen LogP contribution in [0.5, 0.6) is 0 Å². The maximum Gasteiger partial charge on any atom is 0.147 e. The molecule has 5 nitrogen and oxygen atoms in total. The van der Waals surface area contributed by atoms with Gasteiger partial charge in [0.05, 0.1) is 24.7 Å². The van der Waals surface area contributed by atoms with E-state index >= 15 is 0 Å². The second kappa shape index (κ2) is 8.00. The van der Waals surface area contributed by atoms with Gasteiger partial charge in [0.1, 0.15) is 5.82 Å². The summed E-state index contributed by atoms with van der Waals surface area (Å²) in [6.45, 7) is 7.64. The maximum atomic E-state index is 5.14. The fourth-order valence-electron chi connectivity index (χ4n) is 1.73. The summed E-state index contributed by atoms with van der Waals surface area (Å²) in [4.78, 5) is 11.1. The predicted octanol–water partition coefficient (Wildman–Crippen LogP) is 1.30. The van der Waals surface area contributed by atoms with E-state index in [1.54, 1.807) is 7.11 Å². The lowest BCUT2D eigenvalue weighted by Gasteiger charge is -2.25. The lowest BCUT2D eigenvalue weighted by atomic mass is 10.2. The van der Waals surface area contributed by atoms with Gasteiger partial charge in [-0.1, -0.05) is 13.8 Å². The van der Waals surface area contributed by atoms with Crippen LogP contribution in [0.2, 0.25) is 0 Å². The second-order valence-corrected chi connectivity index (χ2v) is 4.73. The lowest BCUT2D eigenvalue weighted by molar-refractivity contribution is 0.204. The molecule has 0 aromatic carbocycles. The van der Waals surface area contributed by atoms with Gasteiger partial charge in [-0.2, -0.15) is 0 Å². The van der Waals surface area contributed by atoms with Crippen LogP contribution in [0.4, 0.5) is 5.82 Å². The Morgan fingerprint density at radius 1 is 1.33 bits per heavy atom. The van der Waals surface area contributed by atoms with Crippen LogP contribution in [0.1, 0.15) is 19.5 Å². The zero-order chi connectivity index (χ0) is 13.4. The maximum absolute atomic E-state index is 5.14. The van der Waals surface area contributed by atoms with E-state index in [0.29, 0.717) is 12.5 Å². The first-order chi connectivity index (χ1) is 8.67.